The molecule has 6 heteroatoms. The zero-order valence-electron chi connectivity index (χ0n) is 12.5. The summed E-state index contributed by atoms with van der Waals surface area (Å²) in [5.74, 6) is 0. The lowest BCUT2D eigenvalue weighted by molar-refractivity contribution is 0.0971. The predicted octanol–water partition coefficient (Wildman–Crippen LogP) is 1.99. The van der Waals surface area contributed by atoms with E-state index in [1.54, 1.807) is 10.4 Å². The van der Waals surface area contributed by atoms with Crippen LogP contribution in [0.4, 0.5) is 5.69 Å². The molecule has 2 rings (SSSR count). The van der Waals surface area contributed by atoms with Crippen LogP contribution in [0.5, 0.6) is 0 Å². The second kappa shape index (κ2) is 7.24. The average molecular weight is 312 g/mol. The van der Waals surface area contributed by atoms with Gasteiger partial charge in [0.1, 0.15) is 0 Å². The topological polar surface area (TPSA) is 72.6 Å². The van der Waals surface area contributed by atoms with Crippen LogP contribution in [0.2, 0.25) is 0 Å². The van der Waals surface area contributed by atoms with E-state index in [-0.39, 0.29) is 5.25 Å². The highest BCUT2D eigenvalue weighted by Crippen LogP contribution is 2.22. The van der Waals surface area contributed by atoms with Crippen LogP contribution in [0.25, 0.3) is 0 Å². The normalized spacial score (nSPS) is 17.2. The smallest absolute Gasteiger partial charge is 0.217 e. The Morgan fingerprint density at radius 1 is 1.33 bits per heavy atom. The molecule has 0 aliphatic carbocycles. The summed E-state index contributed by atoms with van der Waals surface area (Å²) in [5, 5.41) is -0.321. The fourth-order valence-electron chi connectivity index (χ4n) is 2.63. The minimum Gasteiger partial charge on any atom is -0.399 e. The molecular weight excluding hydrogens is 288 g/mol. The Morgan fingerprint density at radius 2 is 2.05 bits per heavy atom. The number of nitrogens with zero attached hydrogens (tertiary/aromatic N) is 1. The first-order valence-electron chi connectivity index (χ1n) is 7.45. The summed E-state index contributed by atoms with van der Waals surface area (Å²) >= 11 is 0. The third-order valence-electron chi connectivity index (χ3n) is 3.73. The van der Waals surface area contributed by atoms with E-state index in [9.17, 15) is 8.42 Å². The molecule has 0 bridgehead atoms. The summed E-state index contributed by atoms with van der Waals surface area (Å²) < 4.78 is 32.5. The van der Waals surface area contributed by atoms with Gasteiger partial charge in [-0.1, -0.05) is 19.1 Å². The standard InChI is InChI=1S/C15H24N2O3S/c1-2-8-17(12-13-4-3-5-14(16)11-13)21(18,19)15-6-9-20-10-7-15/h3-5,11,15H,2,6-10,12,16H2,1H3. The third kappa shape index (κ3) is 4.18. The number of hydrogen-bond donors (Lipinski definition) is 1. The fourth-order valence-corrected chi connectivity index (χ4v) is 4.60. The first kappa shape index (κ1) is 16.3. The Kier molecular flexibility index (Phi) is 5.61. The Hall–Kier alpha value is -1.11. The van der Waals surface area contributed by atoms with Gasteiger partial charge in [-0.05, 0) is 37.0 Å². The van der Waals surface area contributed by atoms with Crippen LogP contribution in [0.15, 0.2) is 24.3 Å². The predicted molar refractivity (Wildman–Crippen MR) is 84.3 cm³/mol. The molecule has 2 N–H and O–H groups in total. The van der Waals surface area contributed by atoms with Crippen LogP contribution in [-0.4, -0.2) is 37.7 Å². The van der Waals surface area contributed by atoms with Gasteiger partial charge in [-0.25, -0.2) is 8.42 Å². The summed E-state index contributed by atoms with van der Waals surface area (Å²) in [4.78, 5) is 0. The van der Waals surface area contributed by atoms with Crippen molar-refractivity contribution >= 4 is 15.7 Å². The van der Waals surface area contributed by atoms with Gasteiger partial charge in [0.2, 0.25) is 10.0 Å². The molecule has 0 spiro atoms. The SMILES string of the molecule is CCCN(Cc1cccc(N)c1)S(=O)(=O)C1CCOCC1. The molecule has 1 fully saturated rings. The fraction of sp³-hybridized carbons (Fsp3) is 0.600. The third-order valence-corrected chi connectivity index (χ3v) is 6.08. The number of rotatable bonds is 6. The second-order valence-electron chi connectivity index (χ2n) is 5.44. The largest absolute Gasteiger partial charge is 0.399 e. The van der Waals surface area contributed by atoms with Gasteiger partial charge in [0.05, 0.1) is 5.25 Å². The Morgan fingerprint density at radius 3 is 2.67 bits per heavy atom. The zero-order valence-corrected chi connectivity index (χ0v) is 13.3. The van der Waals surface area contributed by atoms with Crippen LogP contribution < -0.4 is 5.73 Å². The highest BCUT2D eigenvalue weighted by atomic mass is 32.2. The molecular formula is C15H24N2O3S. The molecule has 1 heterocycles. The van der Waals surface area contributed by atoms with Crippen molar-refractivity contribution in [1.29, 1.82) is 0 Å². The van der Waals surface area contributed by atoms with Gasteiger partial charge in [0, 0.05) is 32.0 Å². The molecule has 0 amide bonds. The molecule has 118 valence electrons. The first-order valence-corrected chi connectivity index (χ1v) is 8.95. The maximum Gasteiger partial charge on any atom is 0.217 e. The lowest BCUT2D eigenvalue weighted by Crippen LogP contribution is -2.41. The van der Waals surface area contributed by atoms with Crippen molar-refractivity contribution < 1.29 is 13.2 Å². The monoisotopic (exact) mass is 312 g/mol. The van der Waals surface area contributed by atoms with Gasteiger partial charge in [-0.3, -0.25) is 0 Å². The van der Waals surface area contributed by atoms with Gasteiger partial charge in [-0.15, -0.1) is 0 Å². The van der Waals surface area contributed by atoms with Gasteiger partial charge < -0.3 is 10.5 Å². The summed E-state index contributed by atoms with van der Waals surface area (Å²) in [6.07, 6.45) is 1.96. The number of ether oxygens (including phenoxy) is 1. The molecule has 1 aliphatic heterocycles. The summed E-state index contributed by atoms with van der Waals surface area (Å²) in [6, 6.07) is 7.41. The summed E-state index contributed by atoms with van der Waals surface area (Å²) in [6.45, 7) is 3.98. The van der Waals surface area contributed by atoms with Crippen molar-refractivity contribution in [2.75, 3.05) is 25.5 Å². The van der Waals surface area contributed by atoms with Crippen LogP contribution in [0, 0.1) is 0 Å². The maximum atomic E-state index is 12.8. The number of nitrogens with two attached hydrogens (primary N) is 1. The Bertz CT molecular complexity index is 554. The van der Waals surface area contributed by atoms with E-state index in [0.29, 0.717) is 44.8 Å². The van der Waals surface area contributed by atoms with Crippen LogP contribution >= 0.6 is 0 Å². The average Bonchev–Trinajstić information content (AvgIpc) is 2.48. The second-order valence-corrected chi connectivity index (χ2v) is 7.65. The van der Waals surface area contributed by atoms with E-state index in [1.165, 1.54) is 0 Å². The molecule has 1 aromatic carbocycles. The lowest BCUT2D eigenvalue weighted by Gasteiger charge is -2.29. The van der Waals surface area contributed by atoms with Crippen molar-refractivity contribution in [1.82, 2.24) is 4.31 Å². The van der Waals surface area contributed by atoms with E-state index < -0.39 is 10.0 Å². The molecule has 1 aromatic rings. The van der Waals surface area contributed by atoms with Crippen LogP contribution in [-0.2, 0) is 21.3 Å². The highest BCUT2D eigenvalue weighted by molar-refractivity contribution is 7.89. The van der Waals surface area contributed by atoms with Crippen molar-refractivity contribution in [2.45, 2.75) is 38.0 Å². The highest BCUT2D eigenvalue weighted by Gasteiger charge is 2.32. The van der Waals surface area contributed by atoms with Gasteiger partial charge >= 0.3 is 0 Å². The van der Waals surface area contributed by atoms with Crippen LogP contribution in [0.1, 0.15) is 31.7 Å². The number of sulfonamides is 1. The zero-order chi connectivity index (χ0) is 15.3. The minimum atomic E-state index is -3.28. The maximum absolute atomic E-state index is 12.8. The molecule has 21 heavy (non-hydrogen) atoms. The number of hydrogen-bond acceptors (Lipinski definition) is 4. The van der Waals surface area contributed by atoms with Crippen molar-refractivity contribution in [3.8, 4) is 0 Å². The molecule has 1 saturated heterocycles. The first-order chi connectivity index (χ1) is 10.0. The summed E-state index contributed by atoms with van der Waals surface area (Å²) in [5.41, 5.74) is 7.36. The number of benzene rings is 1. The van der Waals surface area contributed by atoms with Crippen molar-refractivity contribution in [2.24, 2.45) is 0 Å². The van der Waals surface area contributed by atoms with E-state index in [0.717, 1.165) is 12.0 Å². The Labute approximate surface area is 127 Å². The van der Waals surface area contributed by atoms with Crippen LogP contribution in [0.3, 0.4) is 0 Å². The van der Waals surface area contributed by atoms with Crippen molar-refractivity contribution in [3.05, 3.63) is 29.8 Å². The Balaban J connectivity index is 2.17. The van der Waals surface area contributed by atoms with Gasteiger partial charge in [-0.2, -0.15) is 4.31 Å². The molecule has 0 saturated carbocycles. The summed E-state index contributed by atoms with van der Waals surface area (Å²) in [7, 11) is -3.28. The van der Waals surface area contributed by atoms with E-state index in [1.807, 2.05) is 25.1 Å². The molecule has 0 aromatic heterocycles. The van der Waals surface area contributed by atoms with E-state index in [4.69, 9.17) is 10.5 Å². The molecule has 5 nitrogen and oxygen atoms in total. The molecule has 1 aliphatic rings. The van der Waals surface area contributed by atoms with Gasteiger partial charge in [0.15, 0.2) is 0 Å². The quantitative estimate of drug-likeness (QED) is 0.815. The number of nitrogen functional groups attached to an aromatic ring is 1. The number of anilines is 1. The van der Waals surface area contributed by atoms with Crippen molar-refractivity contribution in [3.63, 3.8) is 0 Å². The lowest BCUT2D eigenvalue weighted by atomic mass is 10.2. The molecule has 0 radical (unpaired) electrons. The van der Waals surface area contributed by atoms with Gasteiger partial charge in [0.25, 0.3) is 0 Å². The van der Waals surface area contributed by atoms with E-state index in [2.05, 4.69) is 0 Å². The molecule has 0 unspecified atom stereocenters. The molecule has 0 atom stereocenters. The minimum absolute atomic E-state index is 0.321. The van der Waals surface area contributed by atoms with E-state index >= 15 is 0 Å².